The summed E-state index contributed by atoms with van der Waals surface area (Å²) in [5.41, 5.74) is 9.63. The zero-order chi connectivity index (χ0) is 29.4. The molecule has 8 heteroatoms. The minimum atomic E-state index is -0.909. The normalized spacial score (nSPS) is 12.1. The molecule has 214 valence electrons. The number of nitrogens with zero attached hydrogens (tertiary/aromatic N) is 1. The van der Waals surface area contributed by atoms with Crippen LogP contribution >= 0.6 is 0 Å². The Kier molecular flexibility index (Phi) is 10.2. The summed E-state index contributed by atoms with van der Waals surface area (Å²) >= 11 is 0. The number of hydrogen-bond acceptors (Lipinski definition) is 7. The van der Waals surface area contributed by atoms with Crippen molar-refractivity contribution in [3.63, 3.8) is 0 Å². The number of benzene rings is 3. The highest BCUT2D eigenvalue weighted by atomic mass is 16.6. The molecule has 1 amide bonds. The van der Waals surface area contributed by atoms with Crippen molar-refractivity contribution in [3.8, 4) is 16.9 Å². The fourth-order valence-electron chi connectivity index (χ4n) is 4.12. The average Bonchev–Trinajstić information content (AvgIpc) is 2.89. The van der Waals surface area contributed by atoms with Crippen molar-refractivity contribution in [2.75, 3.05) is 25.9 Å². The Labute approximate surface area is 236 Å². The highest BCUT2D eigenvalue weighted by Gasteiger charge is 2.25. The minimum absolute atomic E-state index is 0.0711. The van der Waals surface area contributed by atoms with Crippen LogP contribution in [0.3, 0.4) is 0 Å². The Hall–Kier alpha value is -4.04. The number of ether oxygens (including phenoxy) is 3. The maximum absolute atomic E-state index is 13.0. The third-order valence-electron chi connectivity index (χ3n) is 6.05. The molecule has 0 aliphatic heterocycles. The lowest BCUT2D eigenvalue weighted by molar-refractivity contribution is 0.0147. The third-order valence-corrected chi connectivity index (χ3v) is 6.05. The Balaban J connectivity index is 1.76. The first-order chi connectivity index (χ1) is 18.9. The topological polar surface area (TPSA) is 111 Å². The molecule has 0 saturated carbocycles. The predicted octanol–water partition coefficient (Wildman–Crippen LogP) is 6.02. The highest BCUT2D eigenvalue weighted by molar-refractivity contribution is 5.93. The van der Waals surface area contributed by atoms with Gasteiger partial charge in [0.05, 0.1) is 25.9 Å². The van der Waals surface area contributed by atoms with Gasteiger partial charge in [-0.2, -0.15) is 0 Å². The van der Waals surface area contributed by atoms with Crippen LogP contribution in [-0.2, 0) is 15.9 Å². The molecule has 3 rings (SSSR count). The standard InChI is InChI=1S/C32H40N2O6/c1-21(2)39-29-19-24(14-15-27(29)30(36)38-6)23-12-10-22(11-13-23)16-17-34(31(37)40-32(3,4)5)20-28(35)25-8-7-9-26(33)18-25/h7-15,18-19,21,28,35H,16-17,20,33H2,1-6H3/t28-/m1/s1. The highest BCUT2D eigenvalue weighted by Crippen LogP contribution is 2.29. The van der Waals surface area contributed by atoms with Gasteiger partial charge in [-0.25, -0.2) is 9.59 Å². The molecule has 0 heterocycles. The number of amides is 1. The molecule has 1 atom stereocenters. The number of carbonyl (C=O) groups excluding carboxylic acids is 2. The van der Waals surface area contributed by atoms with Crippen LogP contribution < -0.4 is 10.5 Å². The van der Waals surface area contributed by atoms with E-state index in [4.69, 9.17) is 19.9 Å². The van der Waals surface area contributed by atoms with Gasteiger partial charge < -0.3 is 30.0 Å². The van der Waals surface area contributed by atoms with E-state index in [1.807, 2.05) is 71.0 Å². The largest absolute Gasteiger partial charge is 0.490 e. The van der Waals surface area contributed by atoms with Gasteiger partial charge in [0, 0.05) is 12.2 Å². The van der Waals surface area contributed by atoms with Crippen molar-refractivity contribution >= 4 is 17.7 Å². The number of rotatable bonds is 10. The molecule has 3 aromatic carbocycles. The van der Waals surface area contributed by atoms with Crippen LogP contribution in [0.4, 0.5) is 10.5 Å². The number of hydrogen-bond donors (Lipinski definition) is 2. The zero-order valence-corrected chi connectivity index (χ0v) is 24.1. The predicted molar refractivity (Wildman–Crippen MR) is 156 cm³/mol. The molecular weight excluding hydrogens is 508 g/mol. The molecule has 3 aromatic rings. The Morgan fingerprint density at radius 2 is 1.65 bits per heavy atom. The van der Waals surface area contributed by atoms with Crippen LogP contribution in [0.15, 0.2) is 66.7 Å². The van der Waals surface area contributed by atoms with Crippen LogP contribution in [0, 0.1) is 0 Å². The van der Waals surface area contributed by atoms with Gasteiger partial charge in [-0.1, -0.05) is 42.5 Å². The van der Waals surface area contributed by atoms with Gasteiger partial charge in [-0.3, -0.25) is 0 Å². The molecule has 40 heavy (non-hydrogen) atoms. The van der Waals surface area contributed by atoms with E-state index >= 15 is 0 Å². The Morgan fingerprint density at radius 3 is 2.25 bits per heavy atom. The van der Waals surface area contributed by atoms with Crippen LogP contribution in [0.5, 0.6) is 5.75 Å². The van der Waals surface area contributed by atoms with Gasteiger partial charge in [0.1, 0.15) is 16.9 Å². The summed E-state index contributed by atoms with van der Waals surface area (Å²) in [6.07, 6.45) is -0.942. The molecule has 0 spiro atoms. The molecule has 0 fully saturated rings. The summed E-state index contributed by atoms with van der Waals surface area (Å²) in [6.45, 7) is 9.66. The number of carbonyl (C=O) groups is 2. The number of esters is 1. The number of anilines is 1. The van der Waals surface area contributed by atoms with Crippen LogP contribution in [0.1, 0.15) is 62.2 Å². The summed E-state index contributed by atoms with van der Waals surface area (Å²) in [6, 6.07) is 20.4. The van der Waals surface area contributed by atoms with E-state index in [9.17, 15) is 14.7 Å². The average molecular weight is 549 g/mol. The Morgan fingerprint density at radius 1 is 0.975 bits per heavy atom. The van der Waals surface area contributed by atoms with Crippen molar-refractivity contribution in [1.29, 1.82) is 0 Å². The first-order valence-corrected chi connectivity index (χ1v) is 13.4. The molecule has 0 aliphatic rings. The second kappa shape index (κ2) is 13.3. The van der Waals surface area contributed by atoms with E-state index in [-0.39, 0.29) is 12.6 Å². The molecule has 0 radical (unpaired) electrons. The first-order valence-electron chi connectivity index (χ1n) is 13.4. The monoisotopic (exact) mass is 548 g/mol. The van der Waals surface area contributed by atoms with E-state index < -0.39 is 23.8 Å². The van der Waals surface area contributed by atoms with Gasteiger partial charge in [-0.15, -0.1) is 0 Å². The van der Waals surface area contributed by atoms with Crippen LogP contribution in [0.25, 0.3) is 11.1 Å². The van der Waals surface area contributed by atoms with Gasteiger partial charge in [0.15, 0.2) is 0 Å². The van der Waals surface area contributed by atoms with Crippen molar-refractivity contribution in [3.05, 3.63) is 83.4 Å². The first kappa shape index (κ1) is 30.5. The van der Waals surface area contributed by atoms with Crippen molar-refractivity contribution in [2.45, 2.75) is 58.8 Å². The maximum atomic E-state index is 13.0. The summed E-state index contributed by atoms with van der Waals surface area (Å²) in [4.78, 5) is 26.7. The molecule has 8 nitrogen and oxygen atoms in total. The van der Waals surface area contributed by atoms with Crippen molar-refractivity contribution < 1.29 is 28.9 Å². The fraction of sp³-hybridized carbons (Fsp3) is 0.375. The lowest BCUT2D eigenvalue weighted by Crippen LogP contribution is -2.40. The third kappa shape index (κ3) is 8.74. The molecular formula is C32H40N2O6. The molecule has 0 unspecified atom stereocenters. The number of aliphatic hydroxyl groups excluding tert-OH is 1. The fourth-order valence-corrected chi connectivity index (χ4v) is 4.12. The lowest BCUT2D eigenvalue weighted by Gasteiger charge is -2.29. The summed E-state index contributed by atoms with van der Waals surface area (Å²) in [7, 11) is 1.34. The summed E-state index contributed by atoms with van der Waals surface area (Å²) in [5.74, 6) is 0.0168. The molecule has 0 aromatic heterocycles. The van der Waals surface area contributed by atoms with Crippen LogP contribution in [0.2, 0.25) is 0 Å². The van der Waals surface area contributed by atoms with Crippen molar-refractivity contribution in [1.82, 2.24) is 4.90 Å². The number of methoxy groups -OCH3 is 1. The molecule has 0 bridgehead atoms. The lowest BCUT2D eigenvalue weighted by atomic mass is 10.0. The molecule has 0 saturated heterocycles. The van der Waals surface area contributed by atoms with E-state index in [1.165, 1.54) is 12.0 Å². The van der Waals surface area contributed by atoms with Gasteiger partial charge in [-0.05, 0) is 87.6 Å². The van der Waals surface area contributed by atoms with Gasteiger partial charge in [0.25, 0.3) is 0 Å². The SMILES string of the molecule is COC(=O)c1ccc(-c2ccc(CCN(C[C@@H](O)c3cccc(N)c3)C(=O)OC(C)(C)C)cc2)cc1OC(C)C. The van der Waals surface area contributed by atoms with E-state index in [1.54, 1.807) is 30.3 Å². The van der Waals surface area contributed by atoms with Gasteiger partial charge in [0.2, 0.25) is 0 Å². The molecule has 3 N–H and O–H groups in total. The minimum Gasteiger partial charge on any atom is -0.490 e. The van der Waals surface area contributed by atoms with E-state index in [0.717, 1.165) is 16.7 Å². The zero-order valence-electron chi connectivity index (χ0n) is 24.1. The number of nitrogens with two attached hydrogens (primary N) is 1. The quantitative estimate of drug-likeness (QED) is 0.235. The van der Waals surface area contributed by atoms with Gasteiger partial charge >= 0.3 is 12.1 Å². The summed E-state index contributed by atoms with van der Waals surface area (Å²) < 4.78 is 16.4. The Bertz CT molecular complexity index is 1300. The van der Waals surface area contributed by atoms with E-state index in [0.29, 0.717) is 35.5 Å². The molecule has 0 aliphatic carbocycles. The number of aliphatic hydroxyl groups is 1. The van der Waals surface area contributed by atoms with Crippen LogP contribution in [-0.4, -0.2) is 54.0 Å². The summed E-state index contributed by atoms with van der Waals surface area (Å²) in [5, 5.41) is 10.8. The second-order valence-corrected chi connectivity index (χ2v) is 10.9. The van der Waals surface area contributed by atoms with Crippen molar-refractivity contribution in [2.24, 2.45) is 0 Å². The number of nitrogen functional groups attached to an aromatic ring is 1. The van der Waals surface area contributed by atoms with E-state index in [2.05, 4.69) is 0 Å². The smallest absolute Gasteiger partial charge is 0.410 e. The second-order valence-electron chi connectivity index (χ2n) is 10.9. The maximum Gasteiger partial charge on any atom is 0.410 e.